The second-order valence-corrected chi connectivity index (χ2v) is 9.15. The number of carbonyl (C=O) groups excluding carboxylic acids is 2. The molecule has 30 heavy (non-hydrogen) atoms. The van der Waals surface area contributed by atoms with Gasteiger partial charge in [-0.05, 0) is 27.7 Å². The predicted octanol–water partition coefficient (Wildman–Crippen LogP) is 1.18. The van der Waals surface area contributed by atoms with E-state index in [1.54, 1.807) is 23.6 Å². The van der Waals surface area contributed by atoms with Gasteiger partial charge in [-0.2, -0.15) is 9.40 Å². The molecule has 11 heteroatoms. The molecule has 0 saturated carbocycles. The number of aromatic nitrogens is 2. The smallest absolute Gasteiger partial charge is 0.342 e. The Morgan fingerprint density at radius 3 is 2.10 bits per heavy atom. The standard InChI is InChI=1S/C19H26N4O6S/c1-11-15(12(2)21(5)20-11)18(24)22-7-9-23(10-8-22)30(26,27)17-14(4)29-13(3)16(17)19(25)28-6/h7-10H2,1-6H3. The van der Waals surface area contributed by atoms with E-state index in [9.17, 15) is 18.0 Å². The molecule has 164 valence electrons. The summed E-state index contributed by atoms with van der Waals surface area (Å²) < 4.78 is 39.6. The number of hydrogen-bond acceptors (Lipinski definition) is 7. The molecule has 1 fully saturated rings. The van der Waals surface area contributed by atoms with E-state index in [0.29, 0.717) is 11.3 Å². The van der Waals surface area contributed by atoms with E-state index in [1.165, 1.54) is 25.3 Å². The zero-order chi connectivity index (χ0) is 22.4. The van der Waals surface area contributed by atoms with Gasteiger partial charge in [-0.1, -0.05) is 0 Å². The minimum Gasteiger partial charge on any atom is -0.465 e. The van der Waals surface area contributed by atoms with Crippen LogP contribution >= 0.6 is 0 Å². The molecule has 1 saturated heterocycles. The van der Waals surface area contributed by atoms with Gasteiger partial charge >= 0.3 is 5.97 Å². The van der Waals surface area contributed by atoms with E-state index in [2.05, 4.69) is 5.10 Å². The van der Waals surface area contributed by atoms with Crippen molar-refractivity contribution in [2.24, 2.45) is 7.05 Å². The van der Waals surface area contributed by atoms with Crippen LogP contribution in [0.5, 0.6) is 0 Å². The summed E-state index contributed by atoms with van der Waals surface area (Å²) in [6.45, 7) is 7.30. The third kappa shape index (κ3) is 3.52. The highest BCUT2D eigenvalue weighted by Gasteiger charge is 2.38. The molecule has 0 atom stereocenters. The zero-order valence-electron chi connectivity index (χ0n) is 18.0. The summed E-state index contributed by atoms with van der Waals surface area (Å²) >= 11 is 0. The Bertz CT molecular complexity index is 1110. The molecule has 10 nitrogen and oxygen atoms in total. The molecular formula is C19H26N4O6S. The lowest BCUT2D eigenvalue weighted by atomic mass is 10.1. The minimum atomic E-state index is -4.00. The van der Waals surface area contributed by atoms with Crippen LogP contribution in [0.2, 0.25) is 0 Å². The highest BCUT2D eigenvalue weighted by molar-refractivity contribution is 7.89. The largest absolute Gasteiger partial charge is 0.465 e. The molecule has 2 aromatic rings. The lowest BCUT2D eigenvalue weighted by molar-refractivity contribution is 0.0594. The Morgan fingerprint density at radius 2 is 1.60 bits per heavy atom. The van der Waals surface area contributed by atoms with Crippen molar-refractivity contribution >= 4 is 21.9 Å². The van der Waals surface area contributed by atoms with Crippen molar-refractivity contribution < 1.29 is 27.2 Å². The first-order valence-electron chi connectivity index (χ1n) is 9.48. The summed E-state index contributed by atoms with van der Waals surface area (Å²) in [5.41, 5.74) is 1.86. The molecule has 3 rings (SSSR count). The minimum absolute atomic E-state index is 0.0879. The highest BCUT2D eigenvalue weighted by Crippen LogP contribution is 2.30. The van der Waals surface area contributed by atoms with Crippen LogP contribution in [-0.2, 0) is 21.8 Å². The van der Waals surface area contributed by atoms with E-state index in [1.807, 2.05) is 6.92 Å². The van der Waals surface area contributed by atoms with Gasteiger partial charge in [0.25, 0.3) is 5.91 Å². The first-order chi connectivity index (χ1) is 14.0. The molecule has 0 aliphatic carbocycles. The van der Waals surface area contributed by atoms with Gasteiger partial charge in [0, 0.05) is 38.9 Å². The van der Waals surface area contributed by atoms with Crippen LogP contribution in [-0.4, -0.2) is 72.6 Å². The van der Waals surface area contributed by atoms with Gasteiger partial charge in [0.15, 0.2) is 0 Å². The third-order valence-electron chi connectivity index (χ3n) is 5.44. The third-order valence-corrected chi connectivity index (χ3v) is 7.49. The number of furan rings is 1. The van der Waals surface area contributed by atoms with Gasteiger partial charge in [0.2, 0.25) is 10.0 Å². The first kappa shape index (κ1) is 22.0. The number of methoxy groups -OCH3 is 1. The van der Waals surface area contributed by atoms with Crippen molar-refractivity contribution in [3.8, 4) is 0 Å². The maximum absolute atomic E-state index is 13.3. The Kier molecular flexibility index (Phi) is 5.79. The molecular weight excluding hydrogens is 412 g/mol. The van der Waals surface area contributed by atoms with E-state index >= 15 is 0 Å². The second-order valence-electron chi connectivity index (χ2n) is 7.28. The number of ether oxygens (including phenoxy) is 1. The normalized spacial score (nSPS) is 15.5. The second kappa shape index (κ2) is 7.88. The van der Waals surface area contributed by atoms with Gasteiger partial charge in [0.05, 0.1) is 18.4 Å². The fourth-order valence-corrected chi connectivity index (χ4v) is 5.61. The average Bonchev–Trinajstić information content (AvgIpc) is 3.14. The summed E-state index contributed by atoms with van der Waals surface area (Å²) in [5.74, 6) is -0.609. The fraction of sp³-hybridized carbons (Fsp3) is 0.526. The van der Waals surface area contributed by atoms with E-state index in [-0.39, 0.29) is 54.1 Å². The van der Waals surface area contributed by atoms with Gasteiger partial charge < -0.3 is 14.1 Å². The van der Waals surface area contributed by atoms with Crippen molar-refractivity contribution in [3.63, 3.8) is 0 Å². The summed E-state index contributed by atoms with van der Waals surface area (Å²) in [5, 5.41) is 4.28. The molecule has 1 aliphatic heterocycles. The Balaban J connectivity index is 1.83. The van der Waals surface area contributed by atoms with Crippen molar-refractivity contribution in [3.05, 3.63) is 34.0 Å². The summed E-state index contributed by atoms with van der Waals surface area (Å²) in [4.78, 5) is 26.5. The molecule has 2 aromatic heterocycles. The molecule has 0 bridgehead atoms. The van der Waals surface area contributed by atoms with Crippen molar-refractivity contribution in [1.82, 2.24) is 19.0 Å². The first-order valence-corrected chi connectivity index (χ1v) is 10.9. The van der Waals surface area contributed by atoms with Gasteiger partial charge in [-0.25, -0.2) is 13.2 Å². The van der Waals surface area contributed by atoms with Crippen LogP contribution in [0.3, 0.4) is 0 Å². The monoisotopic (exact) mass is 438 g/mol. The van der Waals surface area contributed by atoms with Crippen LogP contribution in [0, 0.1) is 27.7 Å². The Morgan fingerprint density at radius 1 is 1.00 bits per heavy atom. The van der Waals surface area contributed by atoms with Gasteiger partial charge in [0.1, 0.15) is 22.0 Å². The maximum Gasteiger partial charge on any atom is 0.342 e. The van der Waals surface area contributed by atoms with E-state index in [4.69, 9.17) is 9.15 Å². The van der Waals surface area contributed by atoms with Crippen LogP contribution in [0.4, 0.5) is 0 Å². The van der Waals surface area contributed by atoms with Crippen LogP contribution in [0.1, 0.15) is 43.6 Å². The lowest BCUT2D eigenvalue weighted by Crippen LogP contribution is -2.50. The predicted molar refractivity (Wildman–Crippen MR) is 107 cm³/mol. The fourth-order valence-electron chi connectivity index (χ4n) is 3.81. The maximum atomic E-state index is 13.3. The molecule has 0 aromatic carbocycles. The van der Waals surface area contributed by atoms with E-state index < -0.39 is 16.0 Å². The summed E-state index contributed by atoms with van der Waals surface area (Å²) in [7, 11) is -1.04. The van der Waals surface area contributed by atoms with Crippen molar-refractivity contribution in [1.29, 1.82) is 0 Å². The van der Waals surface area contributed by atoms with Crippen molar-refractivity contribution in [2.45, 2.75) is 32.6 Å². The van der Waals surface area contributed by atoms with Crippen molar-refractivity contribution in [2.75, 3.05) is 33.3 Å². The number of rotatable bonds is 4. The number of piperazine rings is 1. The number of carbonyl (C=O) groups is 2. The highest BCUT2D eigenvalue weighted by atomic mass is 32.2. The van der Waals surface area contributed by atoms with Gasteiger partial charge in [-0.15, -0.1) is 0 Å². The quantitative estimate of drug-likeness (QED) is 0.658. The SMILES string of the molecule is COC(=O)c1c(C)oc(C)c1S(=O)(=O)N1CCN(C(=O)c2c(C)nn(C)c2C)CC1. The summed E-state index contributed by atoms with van der Waals surface area (Å²) in [6, 6.07) is 0. The Labute approximate surface area is 175 Å². The average molecular weight is 439 g/mol. The zero-order valence-corrected chi connectivity index (χ0v) is 18.8. The number of aryl methyl sites for hydroxylation is 4. The molecule has 1 amide bonds. The van der Waals surface area contributed by atoms with Gasteiger partial charge in [-0.3, -0.25) is 9.48 Å². The number of amides is 1. The molecule has 0 unspecified atom stereocenters. The molecule has 3 heterocycles. The molecule has 1 aliphatic rings. The van der Waals surface area contributed by atoms with Crippen LogP contribution < -0.4 is 0 Å². The number of esters is 1. The number of nitrogens with zero attached hydrogens (tertiary/aromatic N) is 4. The topological polar surface area (TPSA) is 115 Å². The Hall–Kier alpha value is -2.66. The lowest BCUT2D eigenvalue weighted by Gasteiger charge is -2.34. The molecule has 0 N–H and O–H groups in total. The molecule has 0 spiro atoms. The molecule has 0 radical (unpaired) electrons. The summed E-state index contributed by atoms with van der Waals surface area (Å²) in [6.07, 6.45) is 0. The van der Waals surface area contributed by atoms with Crippen LogP contribution in [0.15, 0.2) is 9.31 Å². The van der Waals surface area contributed by atoms with E-state index in [0.717, 1.165) is 5.69 Å². The van der Waals surface area contributed by atoms with Crippen LogP contribution in [0.25, 0.3) is 0 Å². The number of hydrogen-bond donors (Lipinski definition) is 0. The number of sulfonamides is 1.